The fraction of sp³-hybridized carbons (Fsp3) is 0.562. The highest BCUT2D eigenvalue weighted by Gasteiger charge is 2.47. The molecule has 126 valence electrons. The van der Waals surface area contributed by atoms with Crippen molar-refractivity contribution in [1.29, 1.82) is 0 Å². The number of carbonyl (C=O) groups excluding carboxylic acids is 1. The number of amides is 1. The Hall–Kier alpha value is -1.63. The van der Waals surface area contributed by atoms with E-state index in [0.717, 1.165) is 0 Å². The monoisotopic (exact) mass is 341 g/mol. The molecular weight excluding hydrogens is 321 g/mol. The molecule has 2 aliphatic heterocycles. The standard InChI is InChI=1S/C16H20FNO4S/c1-16(2,22-14-5-3-13(17)4-6-14)15(19)18-7-11-9-23(20,21)10-12(11)8-18/h3-6,11-12H,7-10H2,1-2H3/t11-,12+. The Labute approximate surface area is 135 Å². The zero-order valence-electron chi connectivity index (χ0n) is 13.2. The first-order valence-electron chi connectivity index (χ1n) is 7.61. The molecule has 0 aromatic heterocycles. The third-order valence-electron chi connectivity index (χ3n) is 4.50. The molecule has 2 aliphatic rings. The van der Waals surface area contributed by atoms with Crippen LogP contribution in [0.15, 0.2) is 24.3 Å². The second kappa shape index (κ2) is 5.47. The number of nitrogens with zero attached hydrogens (tertiary/aromatic N) is 1. The van der Waals surface area contributed by atoms with E-state index in [1.165, 1.54) is 24.3 Å². The van der Waals surface area contributed by atoms with E-state index in [2.05, 4.69) is 0 Å². The summed E-state index contributed by atoms with van der Waals surface area (Å²) in [6.45, 7) is 4.25. The average molecular weight is 341 g/mol. The van der Waals surface area contributed by atoms with E-state index < -0.39 is 15.4 Å². The summed E-state index contributed by atoms with van der Waals surface area (Å²) in [6.07, 6.45) is 0. The fourth-order valence-corrected chi connectivity index (χ4v) is 5.62. The van der Waals surface area contributed by atoms with Gasteiger partial charge in [0, 0.05) is 13.1 Å². The van der Waals surface area contributed by atoms with Crippen LogP contribution < -0.4 is 4.74 Å². The topological polar surface area (TPSA) is 63.7 Å². The quantitative estimate of drug-likeness (QED) is 0.835. The minimum absolute atomic E-state index is 0.0329. The first kappa shape index (κ1) is 16.2. The Morgan fingerprint density at radius 1 is 1.17 bits per heavy atom. The van der Waals surface area contributed by atoms with Crippen molar-refractivity contribution in [1.82, 2.24) is 4.90 Å². The van der Waals surface area contributed by atoms with Crippen LogP contribution >= 0.6 is 0 Å². The van der Waals surface area contributed by atoms with Gasteiger partial charge in [0.2, 0.25) is 0 Å². The van der Waals surface area contributed by atoms with Crippen LogP contribution in [0.2, 0.25) is 0 Å². The van der Waals surface area contributed by atoms with Gasteiger partial charge in [0.25, 0.3) is 5.91 Å². The lowest BCUT2D eigenvalue weighted by Crippen LogP contribution is -2.48. The summed E-state index contributed by atoms with van der Waals surface area (Å²) in [5, 5.41) is 0. The van der Waals surface area contributed by atoms with Gasteiger partial charge >= 0.3 is 0 Å². The maximum Gasteiger partial charge on any atom is 0.266 e. The van der Waals surface area contributed by atoms with Crippen molar-refractivity contribution in [2.24, 2.45) is 11.8 Å². The summed E-state index contributed by atoms with van der Waals surface area (Å²) in [5.41, 5.74) is -1.09. The third-order valence-corrected chi connectivity index (χ3v) is 6.37. The number of halogens is 1. The van der Waals surface area contributed by atoms with Crippen LogP contribution in [-0.4, -0.2) is 49.4 Å². The zero-order valence-corrected chi connectivity index (χ0v) is 14.0. The summed E-state index contributed by atoms with van der Waals surface area (Å²) in [7, 11) is -2.95. The van der Waals surface area contributed by atoms with E-state index in [1.54, 1.807) is 18.7 Å². The minimum Gasteiger partial charge on any atom is -0.478 e. The van der Waals surface area contributed by atoms with E-state index in [4.69, 9.17) is 4.74 Å². The molecule has 23 heavy (non-hydrogen) atoms. The largest absolute Gasteiger partial charge is 0.478 e. The molecule has 0 bridgehead atoms. The van der Waals surface area contributed by atoms with Gasteiger partial charge in [-0.25, -0.2) is 12.8 Å². The molecule has 1 aromatic rings. The molecule has 0 radical (unpaired) electrons. The number of likely N-dealkylation sites (tertiary alicyclic amines) is 1. The number of sulfone groups is 1. The summed E-state index contributed by atoms with van der Waals surface area (Å²) in [6, 6.07) is 5.52. The predicted octanol–water partition coefficient (Wildman–Crippen LogP) is 1.49. The lowest BCUT2D eigenvalue weighted by atomic mass is 10.0. The molecule has 7 heteroatoms. The van der Waals surface area contributed by atoms with Gasteiger partial charge in [0.1, 0.15) is 11.6 Å². The Morgan fingerprint density at radius 2 is 1.70 bits per heavy atom. The van der Waals surface area contributed by atoms with Crippen LogP contribution in [0.1, 0.15) is 13.8 Å². The van der Waals surface area contributed by atoms with E-state index >= 15 is 0 Å². The van der Waals surface area contributed by atoms with Crippen molar-refractivity contribution in [2.45, 2.75) is 19.4 Å². The Balaban J connectivity index is 1.67. The number of fused-ring (bicyclic) bond motifs is 1. The molecule has 0 saturated carbocycles. The second-order valence-electron chi connectivity index (χ2n) is 6.87. The van der Waals surface area contributed by atoms with Crippen molar-refractivity contribution in [2.75, 3.05) is 24.6 Å². The first-order chi connectivity index (χ1) is 10.7. The van der Waals surface area contributed by atoms with Gasteiger partial charge in [-0.15, -0.1) is 0 Å². The van der Waals surface area contributed by atoms with E-state index in [9.17, 15) is 17.6 Å². The van der Waals surface area contributed by atoms with Gasteiger partial charge in [0.15, 0.2) is 15.4 Å². The number of hydrogen-bond acceptors (Lipinski definition) is 4. The van der Waals surface area contributed by atoms with Crippen molar-refractivity contribution in [3.8, 4) is 5.75 Å². The average Bonchev–Trinajstić information content (AvgIpc) is 2.93. The molecule has 3 rings (SSSR count). The molecule has 2 heterocycles. The van der Waals surface area contributed by atoms with Crippen LogP contribution in [0, 0.1) is 17.7 Å². The summed E-state index contributed by atoms with van der Waals surface area (Å²) in [5.74, 6) is 0.285. The van der Waals surface area contributed by atoms with Gasteiger partial charge in [-0.1, -0.05) is 0 Å². The number of carbonyl (C=O) groups is 1. The molecule has 0 spiro atoms. The highest BCUT2D eigenvalue weighted by atomic mass is 32.2. The molecular formula is C16H20FNO4S. The van der Waals surface area contributed by atoms with E-state index in [1.807, 2.05) is 0 Å². The summed E-state index contributed by atoms with van der Waals surface area (Å²) in [4.78, 5) is 14.4. The Kier molecular flexibility index (Phi) is 3.86. The molecule has 2 atom stereocenters. The van der Waals surface area contributed by atoms with Crippen LogP contribution in [0.25, 0.3) is 0 Å². The Morgan fingerprint density at radius 3 is 2.22 bits per heavy atom. The molecule has 0 unspecified atom stereocenters. The molecule has 2 fully saturated rings. The number of rotatable bonds is 3. The predicted molar refractivity (Wildman–Crippen MR) is 83.3 cm³/mol. The van der Waals surface area contributed by atoms with Gasteiger partial charge in [-0.2, -0.15) is 0 Å². The first-order valence-corrected chi connectivity index (χ1v) is 9.43. The van der Waals surface area contributed by atoms with Gasteiger partial charge in [-0.3, -0.25) is 4.79 Å². The van der Waals surface area contributed by atoms with Crippen molar-refractivity contribution in [3.05, 3.63) is 30.1 Å². The Bertz CT molecular complexity index is 694. The summed E-state index contributed by atoms with van der Waals surface area (Å²) < 4.78 is 41.9. The highest BCUT2D eigenvalue weighted by molar-refractivity contribution is 7.91. The smallest absolute Gasteiger partial charge is 0.266 e. The zero-order chi connectivity index (χ0) is 16.8. The van der Waals surface area contributed by atoms with Gasteiger partial charge in [0.05, 0.1) is 11.5 Å². The normalized spacial score (nSPS) is 26.1. The second-order valence-corrected chi connectivity index (χ2v) is 9.03. The molecule has 5 nitrogen and oxygen atoms in total. The number of benzene rings is 1. The van der Waals surface area contributed by atoms with Gasteiger partial charge in [-0.05, 0) is 49.9 Å². The molecule has 1 aromatic carbocycles. The van der Waals surface area contributed by atoms with E-state index in [-0.39, 0.29) is 35.1 Å². The van der Waals surface area contributed by atoms with Crippen LogP contribution in [0.4, 0.5) is 4.39 Å². The summed E-state index contributed by atoms with van der Waals surface area (Å²) >= 11 is 0. The van der Waals surface area contributed by atoms with Crippen molar-refractivity contribution < 1.29 is 22.3 Å². The van der Waals surface area contributed by atoms with Crippen molar-refractivity contribution >= 4 is 15.7 Å². The molecule has 0 aliphatic carbocycles. The fourth-order valence-electron chi connectivity index (χ4n) is 3.42. The molecule has 1 amide bonds. The van der Waals surface area contributed by atoms with Crippen LogP contribution in [0.5, 0.6) is 5.75 Å². The maximum absolute atomic E-state index is 12.9. The van der Waals surface area contributed by atoms with Crippen LogP contribution in [-0.2, 0) is 14.6 Å². The highest BCUT2D eigenvalue weighted by Crippen LogP contribution is 2.34. The van der Waals surface area contributed by atoms with Gasteiger partial charge < -0.3 is 9.64 Å². The molecule has 0 N–H and O–H groups in total. The third kappa shape index (κ3) is 3.34. The minimum atomic E-state index is -2.95. The molecule has 2 saturated heterocycles. The lowest BCUT2D eigenvalue weighted by molar-refractivity contribution is -0.144. The van der Waals surface area contributed by atoms with Crippen LogP contribution in [0.3, 0.4) is 0 Å². The van der Waals surface area contributed by atoms with E-state index in [0.29, 0.717) is 18.8 Å². The lowest BCUT2D eigenvalue weighted by Gasteiger charge is -2.30. The number of hydrogen-bond donors (Lipinski definition) is 0. The van der Waals surface area contributed by atoms with Crippen molar-refractivity contribution in [3.63, 3.8) is 0 Å². The maximum atomic E-state index is 12.9. The SMILES string of the molecule is CC(C)(Oc1ccc(F)cc1)C(=O)N1C[C@@H]2CS(=O)(=O)C[C@@H]2C1. The number of ether oxygens (including phenoxy) is 1.